The number of benzene rings is 1. The van der Waals surface area contributed by atoms with E-state index in [-0.39, 0.29) is 37.6 Å². The number of aromatic carboxylic acids is 2. The minimum Gasteiger partial charge on any atom is -0.480 e. The second-order valence-electron chi connectivity index (χ2n) is 11.3. The van der Waals surface area contributed by atoms with Crippen LogP contribution in [-0.4, -0.2) is 115 Å². The number of aliphatic carboxylic acids is 2. The van der Waals surface area contributed by atoms with E-state index < -0.39 is 23.9 Å². The lowest BCUT2D eigenvalue weighted by Gasteiger charge is -2.29. The first-order valence-electron chi connectivity index (χ1n) is 15.0. The Balaban J connectivity index is 1.76. The molecule has 0 unspecified atom stereocenters. The van der Waals surface area contributed by atoms with Gasteiger partial charge in [-0.2, -0.15) is 0 Å². The molecule has 1 aromatic carbocycles. The van der Waals surface area contributed by atoms with Crippen molar-refractivity contribution in [2.45, 2.75) is 39.3 Å². The third-order valence-electron chi connectivity index (χ3n) is 7.37. The first-order valence-corrected chi connectivity index (χ1v) is 15.0. The Morgan fingerprint density at radius 1 is 0.609 bits per heavy atom. The smallest absolute Gasteiger partial charge is 0.354 e. The topological polar surface area (TPSA) is 185 Å². The molecule has 246 valence electrons. The maximum atomic E-state index is 11.7. The lowest BCUT2D eigenvalue weighted by molar-refractivity contribution is -0.139. The second-order valence-corrected chi connectivity index (χ2v) is 11.3. The second kappa shape index (κ2) is 17.7. The number of aromatic nitrogens is 2. The highest BCUT2D eigenvalue weighted by Crippen LogP contribution is 2.15. The fourth-order valence-corrected chi connectivity index (χ4v) is 4.90. The molecule has 4 N–H and O–H groups in total. The van der Waals surface area contributed by atoms with Gasteiger partial charge in [-0.25, -0.2) is 19.6 Å². The van der Waals surface area contributed by atoms with Crippen molar-refractivity contribution in [1.82, 2.24) is 24.7 Å². The zero-order valence-corrected chi connectivity index (χ0v) is 26.1. The molecule has 0 bridgehead atoms. The molecule has 0 aliphatic rings. The van der Waals surface area contributed by atoms with Crippen molar-refractivity contribution in [2.75, 3.05) is 45.8 Å². The van der Waals surface area contributed by atoms with Gasteiger partial charge in [-0.3, -0.25) is 19.4 Å². The zero-order valence-electron chi connectivity index (χ0n) is 26.1. The van der Waals surface area contributed by atoms with Crippen molar-refractivity contribution in [1.29, 1.82) is 0 Å². The van der Waals surface area contributed by atoms with Crippen LogP contribution in [-0.2, 0) is 29.1 Å². The lowest BCUT2D eigenvalue weighted by Crippen LogP contribution is -2.42. The minimum atomic E-state index is -1.17. The van der Waals surface area contributed by atoms with Crippen LogP contribution in [0.25, 0.3) is 0 Å². The summed E-state index contributed by atoms with van der Waals surface area (Å²) < 4.78 is 0. The molecule has 0 saturated carbocycles. The lowest BCUT2D eigenvalue weighted by atomic mass is 10.0. The first kappa shape index (κ1) is 35.8. The SMILES string of the molecule is CC(C)c1ccc(CCN(CCN(CC(=O)O)Cc2cccc(C(=O)O)n2)CCN(CC(=O)O)Cc2cccc(C(=O)O)n2)cc1. The monoisotopic (exact) mass is 635 g/mol. The van der Waals surface area contributed by atoms with Gasteiger partial charge in [-0.1, -0.05) is 50.2 Å². The maximum absolute atomic E-state index is 11.7. The molecule has 3 rings (SSSR count). The van der Waals surface area contributed by atoms with Gasteiger partial charge in [0, 0.05) is 45.8 Å². The first-order chi connectivity index (χ1) is 21.9. The number of rotatable bonds is 20. The molecule has 0 atom stereocenters. The molecule has 0 spiro atoms. The molecule has 0 aliphatic heterocycles. The molecule has 46 heavy (non-hydrogen) atoms. The van der Waals surface area contributed by atoms with E-state index in [0.717, 1.165) is 5.56 Å². The average Bonchev–Trinajstić information content (AvgIpc) is 3.00. The molecule has 0 amide bonds. The molecular weight excluding hydrogens is 594 g/mol. The van der Waals surface area contributed by atoms with E-state index in [4.69, 9.17) is 0 Å². The summed E-state index contributed by atoms with van der Waals surface area (Å²) in [4.78, 5) is 59.9. The Bertz CT molecular complexity index is 1400. The Kier molecular flexibility index (Phi) is 13.7. The van der Waals surface area contributed by atoms with E-state index in [1.54, 1.807) is 34.1 Å². The van der Waals surface area contributed by atoms with Crippen LogP contribution in [0.5, 0.6) is 0 Å². The molecule has 2 aromatic heterocycles. The highest BCUT2D eigenvalue weighted by Gasteiger charge is 2.18. The Hall–Kier alpha value is -4.72. The summed E-state index contributed by atoms with van der Waals surface area (Å²) in [6, 6.07) is 17.6. The highest BCUT2D eigenvalue weighted by atomic mass is 16.4. The maximum Gasteiger partial charge on any atom is 0.354 e. The number of carbonyl (C=O) groups is 4. The van der Waals surface area contributed by atoms with Gasteiger partial charge < -0.3 is 25.3 Å². The number of nitrogens with zero attached hydrogens (tertiary/aromatic N) is 5. The van der Waals surface area contributed by atoms with Crippen LogP contribution in [0.3, 0.4) is 0 Å². The van der Waals surface area contributed by atoms with E-state index in [1.165, 1.54) is 17.7 Å². The molecular formula is C33H41N5O8. The summed E-state index contributed by atoms with van der Waals surface area (Å²) in [6.07, 6.45) is 0.709. The quantitative estimate of drug-likeness (QED) is 0.142. The van der Waals surface area contributed by atoms with Crippen molar-refractivity contribution in [3.8, 4) is 0 Å². The van der Waals surface area contributed by atoms with Gasteiger partial charge >= 0.3 is 23.9 Å². The van der Waals surface area contributed by atoms with Gasteiger partial charge in [-0.05, 0) is 47.7 Å². The predicted octanol–water partition coefficient (Wildman–Crippen LogP) is 3.01. The van der Waals surface area contributed by atoms with Gasteiger partial charge in [-0.15, -0.1) is 0 Å². The fourth-order valence-electron chi connectivity index (χ4n) is 4.90. The minimum absolute atomic E-state index is 0.125. The third-order valence-corrected chi connectivity index (χ3v) is 7.37. The highest BCUT2D eigenvalue weighted by molar-refractivity contribution is 5.85. The van der Waals surface area contributed by atoms with E-state index in [2.05, 4.69) is 53.0 Å². The summed E-state index contributed by atoms with van der Waals surface area (Å²) >= 11 is 0. The summed E-state index contributed by atoms with van der Waals surface area (Å²) in [5, 5.41) is 37.7. The van der Waals surface area contributed by atoms with Crippen molar-refractivity contribution in [2.24, 2.45) is 0 Å². The molecule has 2 heterocycles. The van der Waals surface area contributed by atoms with Gasteiger partial charge in [0.15, 0.2) is 0 Å². The molecule has 0 radical (unpaired) electrons. The van der Waals surface area contributed by atoms with Crippen LogP contribution in [0.1, 0.15) is 63.3 Å². The summed E-state index contributed by atoms with van der Waals surface area (Å²) in [5.74, 6) is -4.00. The van der Waals surface area contributed by atoms with Gasteiger partial charge in [0.1, 0.15) is 11.4 Å². The molecule has 0 fully saturated rings. The van der Waals surface area contributed by atoms with E-state index in [1.807, 2.05) is 0 Å². The summed E-state index contributed by atoms with van der Waals surface area (Å²) in [6.45, 7) is 6.14. The standard InChI is InChI=1S/C33H41N5O8/c1-23(2)25-11-9-24(10-12-25)13-14-36(15-17-37(21-30(39)40)19-26-5-3-7-28(34-26)32(43)44)16-18-38(22-31(41)42)20-27-6-4-8-29(35-27)33(45)46/h3-12,23H,13-22H2,1-2H3,(H,39,40)(H,41,42)(H,43,44)(H,45,46). The largest absolute Gasteiger partial charge is 0.480 e. The average molecular weight is 636 g/mol. The fraction of sp³-hybridized carbons (Fsp3) is 0.394. The molecule has 0 aliphatic carbocycles. The number of pyridine rings is 2. The number of hydrogen-bond donors (Lipinski definition) is 4. The Morgan fingerprint density at radius 3 is 1.43 bits per heavy atom. The molecule has 3 aromatic rings. The number of hydrogen-bond acceptors (Lipinski definition) is 9. The van der Waals surface area contributed by atoms with Crippen LogP contribution in [0.2, 0.25) is 0 Å². The van der Waals surface area contributed by atoms with Crippen molar-refractivity contribution >= 4 is 23.9 Å². The van der Waals surface area contributed by atoms with Crippen molar-refractivity contribution in [3.05, 3.63) is 94.6 Å². The predicted molar refractivity (Wildman–Crippen MR) is 169 cm³/mol. The van der Waals surface area contributed by atoms with Crippen LogP contribution in [0.15, 0.2) is 60.7 Å². The van der Waals surface area contributed by atoms with Gasteiger partial charge in [0.25, 0.3) is 0 Å². The zero-order chi connectivity index (χ0) is 33.6. The van der Waals surface area contributed by atoms with Crippen LogP contribution in [0.4, 0.5) is 0 Å². The van der Waals surface area contributed by atoms with Crippen LogP contribution in [0, 0.1) is 0 Å². The summed E-state index contributed by atoms with van der Waals surface area (Å²) in [5.41, 5.74) is 2.97. The van der Waals surface area contributed by atoms with Crippen molar-refractivity contribution in [3.63, 3.8) is 0 Å². The van der Waals surface area contributed by atoms with E-state index >= 15 is 0 Å². The Labute approximate surface area is 267 Å². The number of carboxylic acids is 4. The number of carboxylic acid groups (broad SMARTS) is 4. The third kappa shape index (κ3) is 12.3. The van der Waals surface area contributed by atoms with E-state index in [9.17, 15) is 39.6 Å². The molecule has 13 nitrogen and oxygen atoms in total. The van der Waals surface area contributed by atoms with Gasteiger partial charge in [0.05, 0.1) is 24.5 Å². The van der Waals surface area contributed by atoms with Crippen LogP contribution < -0.4 is 0 Å². The molecule has 13 heteroatoms. The van der Waals surface area contributed by atoms with Crippen LogP contribution >= 0.6 is 0 Å². The van der Waals surface area contributed by atoms with Crippen molar-refractivity contribution < 1.29 is 39.6 Å². The molecule has 0 saturated heterocycles. The normalized spacial score (nSPS) is 11.4. The van der Waals surface area contributed by atoms with E-state index in [0.29, 0.717) is 56.5 Å². The summed E-state index contributed by atoms with van der Waals surface area (Å²) in [7, 11) is 0. The Morgan fingerprint density at radius 2 is 1.04 bits per heavy atom. The van der Waals surface area contributed by atoms with Gasteiger partial charge in [0.2, 0.25) is 0 Å².